The number of rotatable bonds is 7. The van der Waals surface area contributed by atoms with Gasteiger partial charge in [0.1, 0.15) is 16.9 Å². The number of methoxy groups -OCH3 is 3. The maximum atomic E-state index is 6.73. The highest BCUT2D eigenvalue weighted by atomic mass is 31.1. The molecule has 2 atom stereocenters. The molecule has 0 N–H and O–H groups in total. The SMILES string of the molecule is COC1=CC(OC)(P(C2CCCCC2)C2CCCCC2)C(c2ccccc2)C(OC)=C1. The molecule has 4 rings (SSSR count). The Bertz CT molecular complexity index is 744. The Kier molecular flexibility index (Phi) is 7.77. The number of ether oxygens (including phenoxy) is 3. The molecule has 31 heavy (non-hydrogen) atoms. The van der Waals surface area contributed by atoms with Gasteiger partial charge in [0.05, 0.1) is 20.1 Å². The Balaban J connectivity index is 1.87. The van der Waals surface area contributed by atoms with Gasteiger partial charge in [0.2, 0.25) is 0 Å². The molecule has 2 saturated carbocycles. The standard InChI is InChI=1S/C27H39O3P/c1-28-22-19-25(29-2)26(21-13-7-4-8-14-21)27(20-22,30-3)31(23-15-9-5-10-16-23)24-17-11-6-12-18-24/h4,7-8,13-14,19-20,23-24,26H,5-6,9-12,15-18H2,1-3H3. The zero-order valence-electron chi connectivity index (χ0n) is 19.5. The zero-order chi connectivity index (χ0) is 21.7. The second-order valence-corrected chi connectivity index (χ2v) is 12.3. The molecule has 0 amide bonds. The Morgan fingerprint density at radius 3 is 1.84 bits per heavy atom. The van der Waals surface area contributed by atoms with Gasteiger partial charge in [-0.05, 0) is 48.6 Å². The molecule has 0 aromatic heterocycles. The number of hydrogen-bond donors (Lipinski definition) is 0. The predicted molar refractivity (Wildman–Crippen MR) is 130 cm³/mol. The van der Waals surface area contributed by atoms with Crippen molar-refractivity contribution >= 4 is 7.92 Å². The van der Waals surface area contributed by atoms with Crippen LogP contribution in [0.2, 0.25) is 0 Å². The molecule has 2 fully saturated rings. The monoisotopic (exact) mass is 442 g/mol. The highest BCUT2D eigenvalue weighted by molar-refractivity contribution is 7.61. The Hall–Kier alpha value is -1.31. The number of benzene rings is 1. The summed E-state index contributed by atoms with van der Waals surface area (Å²) in [5.41, 5.74) is 2.79. The van der Waals surface area contributed by atoms with E-state index < -0.39 is 13.3 Å². The van der Waals surface area contributed by atoms with E-state index in [9.17, 15) is 0 Å². The maximum Gasteiger partial charge on any atom is 0.123 e. The molecule has 170 valence electrons. The van der Waals surface area contributed by atoms with Gasteiger partial charge in [-0.15, -0.1) is 0 Å². The van der Waals surface area contributed by atoms with Crippen LogP contribution < -0.4 is 0 Å². The van der Waals surface area contributed by atoms with Crippen molar-refractivity contribution in [1.82, 2.24) is 0 Å². The predicted octanol–water partition coefficient (Wildman–Crippen LogP) is 7.33. The van der Waals surface area contributed by atoms with E-state index in [0.29, 0.717) is 0 Å². The second-order valence-electron chi connectivity index (χ2n) is 9.29. The van der Waals surface area contributed by atoms with Gasteiger partial charge in [0.25, 0.3) is 0 Å². The molecule has 0 spiro atoms. The lowest BCUT2D eigenvalue weighted by atomic mass is 9.86. The van der Waals surface area contributed by atoms with Crippen LogP contribution in [0.25, 0.3) is 0 Å². The minimum absolute atomic E-state index is 0.0672. The first-order valence-electron chi connectivity index (χ1n) is 12.1. The van der Waals surface area contributed by atoms with E-state index in [1.807, 2.05) is 7.11 Å². The van der Waals surface area contributed by atoms with E-state index in [0.717, 1.165) is 22.8 Å². The van der Waals surface area contributed by atoms with Crippen LogP contribution in [-0.4, -0.2) is 38.0 Å². The molecular formula is C27H39O3P. The molecule has 3 nitrogen and oxygen atoms in total. The third-order valence-electron chi connectivity index (χ3n) is 7.60. The van der Waals surface area contributed by atoms with Crippen molar-refractivity contribution in [3.05, 3.63) is 59.6 Å². The number of hydrogen-bond acceptors (Lipinski definition) is 3. The van der Waals surface area contributed by atoms with Crippen molar-refractivity contribution in [3.63, 3.8) is 0 Å². The fraction of sp³-hybridized carbons (Fsp3) is 0.630. The van der Waals surface area contributed by atoms with Crippen LogP contribution in [0.1, 0.15) is 75.7 Å². The lowest BCUT2D eigenvalue weighted by molar-refractivity contribution is 0.0623. The van der Waals surface area contributed by atoms with Crippen LogP contribution in [0, 0.1) is 0 Å². The normalized spacial score (nSPS) is 28.2. The summed E-state index contributed by atoms with van der Waals surface area (Å²) in [5.74, 6) is 1.91. The summed E-state index contributed by atoms with van der Waals surface area (Å²) in [7, 11) is 5.07. The minimum Gasteiger partial charge on any atom is -0.500 e. The van der Waals surface area contributed by atoms with Gasteiger partial charge in [0.15, 0.2) is 0 Å². The van der Waals surface area contributed by atoms with Crippen LogP contribution in [0.5, 0.6) is 0 Å². The first-order chi connectivity index (χ1) is 15.2. The molecule has 1 aromatic carbocycles. The zero-order valence-corrected chi connectivity index (χ0v) is 20.4. The summed E-state index contributed by atoms with van der Waals surface area (Å²) in [4.78, 5) is 0. The molecule has 0 aliphatic heterocycles. The van der Waals surface area contributed by atoms with E-state index in [4.69, 9.17) is 14.2 Å². The van der Waals surface area contributed by atoms with Gasteiger partial charge in [-0.1, -0.05) is 76.8 Å². The van der Waals surface area contributed by atoms with Crippen molar-refractivity contribution < 1.29 is 14.2 Å². The van der Waals surface area contributed by atoms with Crippen molar-refractivity contribution in [2.75, 3.05) is 21.3 Å². The third kappa shape index (κ3) is 4.60. The van der Waals surface area contributed by atoms with Crippen molar-refractivity contribution in [1.29, 1.82) is 0 Å². The van der Waals surface area contributed by atoms with Gasteiger partial charge < -0.3 is 14.2 Å². The van der Waals surface area contributed by atoms with Gasteiger partial charge in [-0.2, -0.15) is 0 Å². The minimum atomic E-state index is -0.427. The quantitative estimate of drug-likeness (QED) is 0.414. The first-order valence-corrected chi connectivity index (χ1v) is 13.6. The molecule has 0 bridgehead atoms. The highest BCUT2D eigenvalue weighted by Gasteiger charge is 2.54. The molecule has 2 unspecified atom stereocenters. The third-order valence-corrected chi connectivity index (χ3v) is 11.6. The molecular weight excluding hydrogens is 403 g/mol. The van der Waals surface area contributed by atoms with Crippen molar-refractivity contribution in [2.24, 2.45) is 0 Å². The maximum absolute atomic E-state index is 6.73. The summed E-state index contributed by atoms with van der Waals surface area (Å²) >= 11 is 0. The first kappa shape index (κ1) is 22.9. The highest BCUT2D eigenvalue weighted by Crippen LogP contribution is 2.70. The lowest BCUT2D eigenvalue weighted by Crippen LogP contribution is -2.44. The molecule has 4 heteroatoms. The molecule has 0 heterocycles. The Morgan fingerprint density at radius 1 is 0.774 bits per heavy atom. The summed E-state index contributed by atoms with van der Waals surface area (Å²) < 4.78 is 18.6. The Morgan fingerprint density at radius 2 is 1.35 bits per heavy atom. The number of allylic oxidation sites excluding steroid dienone is 1. The van der Waals surface area contributed by atoms with E-state index in [2.05, 4.69) is 42.5 Å². The van der Waals surface area contributed by atoms with Gasteiger partial charge in [-0.3, -0.25) is 0 Å². The average Bonchev–Trinajstić information content (AvgIpc) is 2.85. The fourth-order valence-corrected chi connectivity index (χ4v) is 10.8. The van der Waals surface area contributed by atoms with Gasteiger partial charge >= 0.3 is 0 Å². The van der Waals surface area contributed by atoms with Crippen molar-refractivity contribution in [2.45, 2.75) is 86.8 Å². The van der Waals surface area contributed by atoms with Crippen LogP contribution >= 0.6 is 7.92 Å². The van der Waals surface area contributed by atoms with Gasteiger partial charge in [0, 0.05) is 13.2 Å². The lowest BCUT2D eigenvalue weighted by Gasteiger charge is -2.52. The summed E-state index contributed by atoms with van der Waals surface area (Å²) in [6.45, 7) is 0. The van der Waals surface area contributed by atoms with Crippen LogP contribution in [-0.2, 0) is 14.2 Å². The molecule has 1 aromatic rings. The van der Waals surface area contributed by atoms with Crippen LogP contribution in [0.15, 0.2) is 54.0 Å². The summed E-state index contributed by atoms with van der Waals surface area (Å²) in [5, 5.41) is -0.397. The smallest absolute Gasteiger partial charge is 0.123 e. The molecule has 3 aliphatic carbocycles. The molecule has 0 radical (unpaired) electrons. The van der Waals surface area contributed by atoms with Crippen molar-refractivity contribution in [3.8, 4) is 0 Å². The Labute approximate surface area is 190 Å². The van der Waals surface area contributed by atoms with E-state index in [-0.39, 0.29) is 5.92 Å². The van der Waals surface area contributed by atoms with E-state index >= 15 is 0 Å². The van der Waals surface area contributed by atoms with Gasteiger partial charge in [-0.25, -0.2) is 0 Å². The molecule has 0 saturated heterocycles. The fourth-order valence-electron chi connectivity index (χ4n) is 6.19. The van der Waals surface area contributed by atoms with Crippen LogP contribution in [0.4, 0.5) is 0 Å². The van der Waals surface area contributed by atoms with Crippen LogP contribution in [0.3, 0.4) is 0 Å². The summed E-state index contributed by atoms with van der Waals surface area (Å²) in [6.07, 6.45) is 18.0. The molecule has 3 aliphatic rings. The van der Waals surface area contributed by atoms with E-state index in [1.54, 1.807) is 14.2 Å². The largest absolute Gasteiger partial charge is 0.500 e. The second kappa shape index (κ2) is 10.5. The topological polar surface area (TPSA) is 27.7 Å². The van der Waals surface area contributed by atoms with E-state index in [1.165, 1.54) is 69.8 Å². The summed E-state index contributed by atoms with van der Waals surface area (Å²) in [6, 6.07) is 10.9. The average molecular weight is 443 g/mol.